The number of likely N-dealkylation sites (N-methyl/N-ethyl adjacent to an activating group) is 1. The first-order chi connectivity index (χ1) is 7.51. The summed E-state index contributed by atoms with van der Waals surface area (Å²) in [6.45, 7) is 9.33. The summed E-state index contributed by atoms with van der Waals surface area (Å²) in [6.07, 6.45) is 1.22. The van der Waals surface area contributed by atoms with Crippen molar-refractivity contribution in [1.29, 1.82) is 0 Å². The number of carbonyl (C=O) groups is 1. The summed E-state index contributed by atoms with van der Waals surface area (Å²) < 4.78 is 0. The molecule has 2 rings (SSSR count). The lowest BCUT2D eigenvalue weighted by molar-refractivity contribution is -0.147. The quantitative estimate of drug-likeness (QED) is 0.742. The van der Waals surface area contributed by atoms with E-state index >= 15 is 0 Å². The van der Waals surface area contributed by atoms with Crippen LogP contribution in [0.1, 0.15) is 20.3 Å². The molecule has 1 amide bonds. The Morgan fingerprint density at radius 1 is 1.38 bits per heavy atom. The second-order valence-electron chi connectivity index (χ2n) is 5.59. The average Bonchev–Trinajstić information content (AvgIpc) is 2.16. The van der Waals surface area contributed by atoms with E-state index in [1.165, 1.54) is 6.42 Å². The van der Waals surface area contributed by atoms with Gasteiger partial charge in [0.2, 0.25) is 5.91 Å². The summed E-state index contributed by atoms with van der Waals surface area (Å²) in [5, 5.41) is 3.29. The van der Waals surface area contributed by atoms with Crippen molar-refractivity contribution in [2.24, 2.45) is 5.92 Å². The van der Waals surface area contributed by atoms with Crippen molar-refractivity contribution in [3.8, 4) is 0 Å². The third-order valence-electron chi connectivity index (χ3n) is 4.04. The Morgan fingerprint density at radius 3 is 2.62 bits per heavy atom. The van der Waals surface area contributed by atoms with Gasteiger partial charge in [-0.1, -0.05) is 0 Å². The van der Waals surface area contributed by atoms with Crippen LogP contribution in [0.3, 0.4) is 0 Å². The second-order valence-corrected chi connectivity index (χ2v) is 5.59. The molecule has 2 aliphatic heterocycles. The molecule has 0 aromatic carbocycles. The molecule has 0 aliphatic carbocycles. The molecule has 4 heteroatoms. The highest BCUT2D eigenvalue weighted by molar-refractivity contribution is 5.86. The zero-order chi connectivity index (χ0) is 11.8. The minimum atomic E-state index is -0.315. The molecule has 0 unspecified atom stereocenters. The van der Waals surface area contributed by atoms with Crippen LogP contribution in [0.5, 0.6) is 0 Å². The maximum Gasteiger partial charge on any atom is 0.242 e. The Hall–Kier alpha value is -0.610. The monoisotopic (exact) mass is 225 g/mol. The van der Waals surface area contributed by atoms with Crippen LogP contribution >= 0.6 is 0 Å². The Labute approximate surface area is 98.0 Å². The SMILES string of the molecule is CN1CCN(CCC2CNC2)C(C)(C)C1=O. The van der Waals surface area contributed by atoms with E-state index in [-0.39, 0.29) is 11.4 Å². The van der Waals surface area contributed by atoms with Gasteiger partial charge in [-0.2, -0.15) is 0 Å². The lowest BCUT2D eigenvalue weighted by atomic mass is 9.94. The fraction of sp³-hybridized carbons (Fsp3) is 0.917. The summed E-state index contributed by atoms with van der Waals surface area (Å²) >= 11 is 0. The van der Waals surface area contributed by atoms with Crippen molar-refractivity contribution < 1.29 is 4.79 Å². The van der Waals surface area contributed by atoms with Gasteiger partial charge in [-0.3, -0.25) is 9.69 Å². The molecule has 0 bridgehead atoms. The number of carbonyl (C=O) groups excluding carboxylic acids is 1. The maximum atomic E-state index is 12.1. The van der Waals surface area contributed by atoms with E-state index in [4.69, 9.17) is 0 Å². The summed E-state index contributed by atoms with van der Waals surface area (Å²) in [5.41, 5.74) is -0.315. The number of piperazine rings is 1. The Kier molecular flexibility index (Phi) is 3.22. The van der Waals surface area contributed by atoms with E-state index in [1.807, 2.05) is 25.8 Å². The second kappa shape index (κ2) is 4.34. The lowest BCUT2D eigenvalue weighted by Crippen LogP contribution is -2.62. The minimum Gasteiger partial charge on any atom is -0.343 e. The van der Waals surface area contributed by atoms with Gasteiger partial charge in [0, 0.05) is 20.1 Å². The van der Waals surface area contributed by atoms with E-state index in [9.17, 15) is 4.79 Å². The van der Waals surface area contributed by atoms with Crippen LogP contribution in [0.4, 0.5) is 0 Å². The molecule has 92 valence electrons. The average molecular weight is 225 g/mol. The van der Waals surface area contributed by atoms with Gasteiger partial charge in [-0.05, 0) is 45.8 Å². The van der Waals surface area contributed by atoms with E-state index in [1.54, 1.807) is 0 Å². The molecule has 0 atom stereocenters. The molecule has 0 aromatic heterocycles. The lowest BCUT2D eigenvalue weighted by Gasteiger charge is -2.45. The fourth-order valence-corrected chi connectivity index (χ4v) is 2.54. The number of hydrogen-bond acceptors (Lipinski definition) is 3. The predicted octanol–water partition coefficient (Wildman–Crippen LogP) is 0.149. The minimum absolute atomic E-state index is 0.255. The summed E-state index contributed by atoms with van der Waals surface area (Å²) in [7, 11) is 1.90. The number of amides is 1. The molecule has 4 nitrogen and oxygen atoms in total. The third-order valence-corrected chi connectivity index (χ3v) is 4.04. The molecule has 2 heterocycles. The van der Waals surface area contributed by atoms with E-state index in [0.29, 0.717) is 0 Å². The Balaban J connectivity index is 1.90. The van der Waals surface area contributed by atoms with Crippen molar-refractivity contribution in [2.75, 3.05) is 39.8 Å². The third kappa shape index (κ3) is 2.09. The molecule has 0 saturated carbocycles. The van der Waals surface area contributed by atoms with Gasteiger partial charge in [-0.15, -0.1) is 0 Å². The molecule has 2 saturated heterocycles. The van der Waals surface area contributed by atoms with Gasteiger partial charge in [0.25, 0.3) is 0 Å². The number of nitrogens with zero attached hydrogens (tertiary/aromatic N) is 2. The van der Waals surface area contributed by atoms with Crippen LogP contribution in [-0.4, -0.2) is 61.0 Å². The van der Waals surface area contributed by atoms with Crippen molar-refractivity contribution in [2.45, 2.75) is 25.8 Å². The van der Waals surface area contributed by atoms with Crippen LogP contribution in [0.15, 0.2) is 0 Å². The smallest absolute Gasteiger partial charge is 0.242 e. The molecule has 16 heavy (non-hydrogen) atoms. The van der Waals surface area contributed by atoms with Crippen molar-refractivity contribution in [1.82, 2.24) is 15.1 Å². The first-order valence-corrected chi connectivity index (χ1v) is 6.23. The number of hydrogen-bond donors (Lipinski definition) is 1. The van der Waals surface area contributed by atoms with Gasteiger partial charge in [-0.25, -0.2) is 0 Å². The zero-order valence-electron chi connectivity index (χ0n) is 10.6. The topological polar surface area (TPSA) is 35.6 Å². The normalized spacial score (nSPS) is 26.9. The van der Waals surface area contributed by atoms with Crippen molar-refractivity contribution in [3.63, 3.8) is 0 Å². The molecule has 0 spiro atoms. The van der Waals surface area contributed by atoms with E-state index in [2.05, 4.69) is 10.2 Å². The molecule has 2 fully saturated rings. The van der Waals surface area contributed by atoms with Crippen molar-refractivity contribution >= 4 is 5.91 Å². The van der Waals surface area contributed by atoms with Crippen LogP contribution in [0.25, 0.3) is 0 Å². The van der Waals surface area contributed by atoms with Gasteiger partial charge >= 0.3 is 0 Å². The highest BCUT2D eigenvalue weighted by atomic mass is 16.2. The van der Waals surface area contributed by atoms with Crippen molar-refractivity contribution in [3.05, 3.63) is 0 Å². The Bertz CT molecular complexity index is 273. The molecular formula is C12H23N3O. The van der Waals surface area contributed by atoms with Gasteiger partial charge in [0.15, 0.2) is 0 Å². The highest BCUT2D eigenvalue weighted by Gasteiger charge is 2.40. The maximum absolute atomic E-state index is 12.1. The van der Waals surface area contributed by atoms with Crippen LogP contribution in [0, 0.1) is 5.92 Å². The van der Waals surface area contributed by atoms with Crippen LogP contribution < -0.4 is 5.32 Å². The molecule has 1 N–H and O–H groups in total. The first kappa shape index (κ1) is 11.9. The fourth-order valence-electron chi connectivity index (χ4n) is 2.54. The van der Waals surface area contributed by atoms with Gasteiger partial charge in [0.05, 0.1) is 5.54 Å². The van der Waals surface area contributed by atoms with E-state index < -0.39 is 0 Å². The van der Waals surface area contributed by atoms with Gasteiger partial charge < -0.3 is 10.2 Å². The summed E-state index contributed by atoms with van der Waals surface area (Å²) in [4.78, 5) is 16.2. The number of rotatable bonds is 3. The summed E-state index contributed by atoms with van der Waals surface area (Å²) in [6, 6.07) is 0. The zero-order valence-corrected chi connectivity index (χ0v) is 10.6. The number of nitrogens with one attached hydrogen (secondary N) is 1. The van der Waals surface area contributed by atoms with Gasteiger partial charge in [0.1, 0.15) is 0 Å². The largest absolute Gasteiger partial charge is 0.343 e. The van der Waals surface area contributed by atoms with Crippen LogP contribution in [0.2, 0.25) is 0 Å². The van der Waals surface area contributed by atoms with Crippen LogP contribution in [-0.2, 0) is 4.79 Å². The van der Waals surface area contributed by atoms with E-state index in [0.717, 1.165) is 38.6 Å². The highest BCUT2D eigenvalue weighted by Crippen LogP contribution is 2.23. The summed E-state index contributed by atoms with van der Waals surface area (Å²) in [5.74, 6) is 1.08. The standard InChI is InChI=1S/C12H23N3O/c1-12(2)11(16)14(3)6-7-15(12)5-4-10-8-13-9-10/h10,13H,4-9H2,1-3H3. The molecule has 0 radical (unpaired) electrons. The molecule has 2 aliphatic rings. The predicted molar refractivity (Wildman–Crippen MR) is 64.3 cm³/mol. The molecule has 0 aromatic rings. The first-order valence-electron chi connectivity index (χ1n) is 6.23. The Morgan fingerprint density at radius 2 is 2.06 bits per heavy atom. The molecular weight excluding hydrogens is 202 g/mol.